The van der Waals surface area contributed by atoms with Gasteiger partial charge in [-0.25, -0.2) is 4.79 Å². The highest BCUT2D eigenvalue weighted by atomic mass is 16.7. The summed E-state index contributed by atoms with van der Waals surface area (Å²) in [5.41, 5.74) is -5.78. The Hall–Kier alpha value is -2.76. The van der Waals surface area contributed by atoms with E-state index in [1.807, 2.05) is 0 Å². The molecule has 0 amide bonds. The standard InChI is InChI=1S/C26H34O11/c1-12-10-16(33-13(2)27)20(30)23(5)9-8-17(34-14(3)28)24(6,32)19(23)21(35-15(4)29)26-18(11-12)36-22(31)25(26,7)37-26/h8-9,11,16-21,30,32H,10H2,1-7H3/b12-11-/t16-,17-,18-,19-,20-,21+,23+,24-,25+,26+/m1/s1. The van der Waals surface area contributed by atoms with Crippen molar-refractivity contribution in [3.8, 4) is 0 Å². The molecule has 4 aliphatic rings. The fourth-order valence-corrected chi connectivity index (χ4v) is 6.52. The Kier molecular flexibility index (Phi) is 6.37. The number of carbonyl (C=O) groups is 4. The second-order valence-electron chi connectivity index (χ2n) is 11.1. The lowest BCUT2D eigenvalue weighted by molar-refractivity contribution is -0.222. The van der Waals surface area contributed by atoms with Gasteiger partial charge in [0.1, 0.15) is 30.0 Å². The lowest BCUT2D eigenvalue weighted by Gasteiger charge is -2.55. The zero-order valence-electron chi connectivity index (χ0n) is 22.0. The monoisotopic (exact) mass is 522 g/mol. The minimum atomic E-state index is -1.95. The lowest BCUT2D eigenvalue weighted by atomic mass is 9.55. The molecule has 0 bridgehead atoms. The van der Waals surface area contributed by atoms with Crippen LogP contribution >= 0.6 is 0 Å². The fourth-order valence-electron chi connectivity index (χ4n) is 6.52. The molecule has 2 aliphatic carbocycles. The van der Waals surface area contributed by atoms with Crippen LogP contribution in [0.25, 0.3) is 0 Å². The van der Waals surface area contributed by atoms with Gasteiger partial charge in [0.05, 0.1) is 0 Å². The van der Waals surface area contributed by atoms with Crippen molar-refractivity contribution in [1.82, 2.24) is 0 Å². The molecule has 2 saturated heterocycles. The van der Waals surface area contributed by atoms with Crippen LogP contribution in [0, 0.1) is 11.3 Å². The van der Waals surface area contributed by atoms with Crippen molar-refractivity contribution < 1.29 is 53.1 Å². The summed E-state index contributed by atoms with van der Waals surface area (Å²) < 4.78 is 28.5. The molecule has 10 atom stereocenters. The lowest BCUT2D eigenvalue weighted by Crippen LogP contribution is -2.68. The van der Waals surface area contributed by atoms with Crippen LogP contribution in [0.4, 0.5) is 0 Å². The van der Waals surface area contributed by atoms with Gasteiger partial charge >= 0.3 is 23.9 Å². The Labute approximate surface area is 214 Å². The van der Waals surface area contributed by atoms with Crippen LogP contribution in [0.3, 0.4) is 0 Å². The third-order valence-corrected chi connectivity index (χ3v) is 8.21. The predicted octanol–water partition coefficient (Wildman–Crippen LogP) is 0.889. The maximum absolute atomic E-state index is 12.9. The third-order valence-electron chi connectivity index (χ3n) is 8.21. The molecule has 2 fully saturated rings. The zero-order chi connectivity index (χ0) is 27.7. The summed E-state index contributed by atoms with van der Waals surface area (Å²) in [6.07, 6.45) is -1.33. The number of hydrogen-bond donors (Lipinski definition) is 2. The second kappa shape index (κ2) is 8.64. The van der Waals surface area contributed by atoms with E-state index in [2.05, 4.69) is 0 Å². The van der Waals surface area contributed by atoms with Crippen molar-refractivity contribution in [3.63, 3.8) is 0 Å². The van der Waals surface area contributed by atoms with Crippen molar-refractivity contribution in [3.05, 3.63) is 23.8 Å². The molecule has 0 aromatic heterocycles. The molecule has 0 aromatic carbocycles. The van der Waals surface area contributed by atoms with E-state index in [1.54, 1.807) is 26.0 Å². The number of fused-ring (bicyclic) bond motifs is 1. The first kappa shape index (κ1) is 27.3. The highest BCUT2D eigenvalue weighted by molar-refractivity contribution is 5.89. The van der Waals surface area contributed by atoms with Gasteiger partial charge in [-0.2, -0.15) is 0 Å². The molecule has 37 heavy (non-hydrogen) atoms. The summed E-state index contributed by atoms with van der Waals surface area (Å²) in [4.78, 5) is 49.3. The minimum Gasteiger partial charge on any atom is -0.459 e. The molecule has 2 N–H and O–H groups in total. The number of ether oxygens (including phenoxy) is 5. The average Bonchev–Trinajstić information content (AvgIpc) is 3.34. The Morgan fingerprint density at radius 1 is 1.03 bits per heavy atom. The molecule has 204 valence electrons. The summed E-state index contributed by atoms with van der Waals surface area (Å²) in [6.45, 7) is 9.85. The van der Waals surface area contributed by atoms with Gasteiger partial charge in [-0.05, 0) is 32.9 Å². The van der Waals surface area contributed by atoms with E-state index in [0.29, 0.717) is 5.57 Å². The van der Waals surface area contributed by atoms with E-state index in [0.717, 1.165) is 0 Å². The normalized spacial score (nSPS) is 47.7. The molecule has 2 aliphatic heterocycles. The quantitative estimate of drug-likeness (QED) is 0.235. The number of aliphatic hydroxyl groups is 2. The molecule has 0 aromatic rings. The summed E-state index contributed by atoms with van der Waals surface area (Å²) in [7, 11) is 0. The number of epoxide rings is 1. The average molecular weight is 523 g/mol. The number of rotatable bonds is 3. The fraction of sp³-hybridized carbons (Fsp3) is 0.692. The van der Waals surface area contributed by atoms with E-state index in [1.165, 1.54) is 40.7 Å². The number of hydrogen-bond acceptors (Lipinski definition) is 11. The SMILES string of the molecule is CC(=O)O[C@@H]1C/C(C)=C\[C@H]2OC(=O)[C@]3(C)O[C@]23[C@@H](OC(C)=O)[C@H]2[C@](C)(O)[C@H](OC(C)=O)C=C[C@]2(C)[C@@H]1O. The molecule has 4 rings (SSSR count). The van der Waals surface area contributed by atoms with Crippen LogP contribution in [-0.2, 0) is 42.9 Å². The van der Waals surface area contributed by atoms with Crippen molar-refractivity contribution in [2.45, 2.75) is 102 Å². The number of aliphatic hydroxyl groups excluding tert-OH is 1. The molecule has 2 heterocycles. The molecule has 0 radical (unpaired) electrons. The highest BCUT2D eigenvalue weighted by Crippen LogP contribution is 2.65. The van der Waals surface area contributed by atoms with Gasteiger partial charge < -0.3 is 33.9 Å². The maximum atomic E-state index is 12.9. The van der Waals surface area contributed by atoms with Gasteiger partial charge in [0.2, 0.25) is 0 Å². The van der Waals surface area contributed by atoms with E-state index in [9.17, 15) is 29.4 Å². The second-order valence-corrected chi connectivity index (χ2v) is 11.1. The van der Waals surface area contributed by atoms with Gasteiger partial charge in [0.25, 0.3) is 0 Å². The van der Waals surface area contributed by atoms with Gasteiger partial charge in [0.15, 0.2) is 17.3 Å². The van der Waals surface area contributed by atoms with Crippen LogP contribution in [0.5, 0.6) is 0 Å². The van der Waals surface area contributed by atoms with Crippen LogP contribution in [0.1, 0.15) is 54.9 Å². The summed E-state index contributed by atoms with van der Waals surface area (Å²) in [6, 6.07) is 0. The predicted molar refractivity (Wildman–Crippen MR) is 125 cm³/mol. The molecule has 11 heteroatoms. The van der Waals surface area contributed by atoms with Gasteiger partial charge in [-0.15, -0.1) is 0 Å². The van der Waals surface area contributed by atoms with Gasteiger partial charge in [-0.1, -0.05) is 18.6 Å². The number of carbonyl (C=O) groups excluding carboxylic acids is 4. The summed E-state index contributed by atoms with van der Waals surface area (Å²) >= 11 is 0. The first-order valence-corrected chi connectivity index (χ1v) is 12.2. The summed E-state index contributed by atoms with van der Waals surface area (Å²) in [5, 5.41) is 23.8. The van der Waals surface area contributed by atoms with Crippen LogP contribution in [0.2, 0.25) is 0 Å². The van der Waals surface area contributed by atoms with Crippen molar-refractivity contribution in [2.24, 2.45) is 11.3 Å². The molecule has 11 nitrogen and oxygen atoms in total. The van der Waals surface area contributed by atoms with Crippen LogP contribution in [0.15, 0.2) is 23.8 Å². The van der Waals surface area contributed by atoms with E-state index >= 15 is 0 Å². The first-order valence-electron chi connectivity index (χ1n) is 12.2. The van der Waals surface area contributed by atoms with Gasteiger partial charge in [0, 0.05) is 38.5 Å². The maximum Gasteiger partial charge on any atom is 0.342 e. The zero-order valence-corrected chi connectivity index (χ0v) is 22.0. The molecular weight excluding hydrogens is 488 g/mol. The molecule has 0 saturated carbocycles. The van der Waals surface area contributed by atoms with Crippen LogP contribution < -0.4 is 0 Å². The topological polar surface area (TPSA) is 158 Å². The summed E-state index contributed by atoms with van der Waals surface area (Å²) in [5.74, 6) is -3.91. The Balaban J connectivity index is 2.00. The van der Waals surface area contributed by atoms with Crippen LogP contribution in [-0.4, -0.2) is 81.4 Å². The smallest absolute Gasteiger partial charge is 0.342 e. The first-order chi connectivity index (χ1) is 17.0. The Bertz CT molecular complexity index is 1090. The molecule has 0 unspecified atom stereocenters. The van der Waals surface area contributed by atoms with E-state index in [4.69, 9.17) is 23.7 Å². The van der Waals surface area contributed by atoms with Crippen molar-refractivity contribution in [1.29, 1.82) is 0 Å². The van der Waals surface area contributed by atoms with E-state index < -0.39 is 82.5 Å². The Morgan fingerprint density at radius 3 is 2.16 bits per heavy atom. The Morgan fingerprint density at radius 2 is 1.62 bits per heavy atom. The largest absolute Gasteiger partial charge is 0.459 e. The highest BCUT2D eigenvalue weighted by Gasteiger charge is 2.87. The molecular formula is C26H34O11. The minimum absolute atomic E-state index is 0.0888. The number of esters is 4. The van der Waals surface area contributed by atoms with E-state index in [-0.39, 0.29) is 6.42 Å². The third kappa shape index (κ3) is 3.98. The van der Waals surface area contributed by atoms with Crippen molar-refractivity contribution in [2.75, 3.05) is 0 Å². The van der Waals surface area contributed by atoms with Crippen molar-refractivity contribution >= 4 is 23.9 Å². The van der Waals surface area contributed by atoms with Gasteiger partial charge in [-0.3, -0.25) is 14.4 Å². The molecule has 1 spiro atoms.